The molecule has 0 saturated heterocycles. The molecule has 0 saturated carbocycles. The standard InChI is InChI=1S/C10H12Cl2F2N2O2S/c1-15-4-6-7(11)2-3-8(10(6)12)19(17,18)16-5-9(13)14/h2-3,9,15-16H,4-5H2,1H3. The van der Waals surface area contributed by atoms with Gasteiger partial charge in [-0.3, -0.25) is 0 Å². The Morgan fingerprint density at radius 2 is 1.95 bits per heavy atom. The number of benzene rings is 1. The van der Waals surface area contributed by atoms with Gasteiger partial charge in [-0.05, 0) is 19.2 Å². The average Bonchev–Trinajstić information content (AvgIpc) is 2.31. The van der Waals surface area contributed by atoms with Crippen molar-refractivity contribution in [2.24, 2.45) is 0 Å². The number of hydrogen-bond donors (Lipinski definition) is 2. The first kappa shape index (κ1) is 16.6. The van der Waals surface area contributed by atoms with E-state index in [-0.39, 0.29) is 16.5 Å². The van der Waals surface area contributed by atoms with E-state index < -0.39 is 23.0 Å². The molecule has 9 heteroatoms. The lowest BCUT2D eigenvalue weighted by Crippen LogP contribution is -2.29. The Morgan fingerprint density at radius 1 is 1.32 bits per heavy atom. The second-order valence-electron chi connectivity index (χ2n) is 3.61. The van der Waals surface area contributed by atoms with Crippen molar-refractivity contribution >= 4 is 33.2 Å². The minimum absolute atomic E-state index is 0.0800. The highest BCUT2D eigenvalue weighted by Crippen LogP contribution is 2.30. The molecule has 0 atom stereocenters. The van der Waals surface area contributed by atoms with Gasteiger partial charge in [-0.1, -0.05) is 23.2 Å². The van der Waals surface area contributed by atoms with E-state index in [1.165, 1.54) is 12.1 Å². The molecule has 0 radical (unpaired) electrons. The van der Waals surface area contributed by atoms with E-state index >= 15 is 0 Å². The predicted molar refractivity (Wildman–Crippen MR) is 70.4 cm³/mol. The molecule has 0 unspecified atom stereocenters. The van der Waals surface area contributed by atoms with Crippen LogP contribution in [0.2, 0.25) is 10.0 Å². The zero-order valence-corrected chi connectivity index (χ0v) is 12.2. The molecule has 1 rings (SSSR count). The number of rotatable bonds is 6. The van der Waals surface area contributed by atoms with Crippen LogP contribution in [0.4, 0.5) is 8.78 Å². The lowest BCUT2D eigenvalue weighted by Gasteiger charge is -2.12. The first-order valence-electron chi connectivity index (χ1n) is 5.19. The summed E-state index contributed by atoms with van der Waals surface area (Å²) < 4.78 is 49.6. The Bertz CT molecular complexity index is 553. The van der Waals surface area contributed by atoms with Gasteiger partial charge in [-0.15, -0.1) is 0 Å². The number of nitrogens with one attached hydrogen (secondary N) is 2. The average molecular weight is 333 g/mol. The lowest BCUT2D eigenvalue weighted by atomic mass is 10.2. The molecule has 0 heterocycles. The maximum Gasteiger partial charge on any atom is 0.251 e. The minimum atomic E-state index is -4.09. The van der Waals surface area contributed by atoms with Crippen LogP contribution in [0.25, 0.3) is 0 Å². The van der Waals surface area contributed by atoms with Crippen molar-refractivity contribution in [2.75, 3.05) is 13.6 Å². The summed E-state index contributed by atoms with van der Waals surface area (Å²) in [4.78, 5) is -0.274. The van der Waals surface area contributed by atoms with Gasteiger partial charge in [0.05, 0.1) is 11.6 Å². The fraction of sp³-hybridized carbons (Fsp3) is 0.400. The minimum Gasteiger partial charge on any atom is -0.316 e. The zero-order chi connectivity index (χ0) is 14.6. The van der Waals surface area contributed by atoms with E-state index in [2.05, 4.69) is 5.32 Å². The van der Waals surface area contributed by atoms with Crippen LogP contribution in [0.5, 0.6) is 0 Å². The first-order chi connectivity index (χ1) is 8.79. The van der Waals surface area contributed by atoms with Crippen LogP contribution in [-0.4, -0.2) is 28.4 Å². The van der Waals surface area contributed by atoms with Gasteiger partial charge in [0.15, 0.2) is 0 Å². The Morgan fingerprint density at radius 3 is 2.47 bits per heavy atom. The fourth-order valence-corrected chi connectivity index (χ4v) is 3.29. The summed E-state index contributed by atoms with van der Waals surface area (Å²) in [6, 6.07) is 2.54. The molecule has 0 spiro atoms. The highest BCUT2D eigenvalue weighted by atomic mass is 35.5. The van der Waals surface area contributed by atoms with Gasteiger partial charge in [0.1, 0.15) is 4.90 Å². The Kier molecular flexibility index (Phi) is 5.94. The molecule has 108 valence electrons. The molecule has 1 aromatic rings. The molecule has 0 fully saturated rings. The third-order valence-corrected chi connectivity index (χ3v) is 4.59. The van der Waals surface area contributed by atoms with Gasteiger partial charge in [-0.2, -0.15) is 0 Å². The quantitative estimate of drug-likeness (QED) is 0.840. The highest BCUT2D eigenvalue weighted by molar-refractivity contribution is 7.89. The third kappa shape index (κ3) is 4.25. The second-order valence-corrected chi connectivity index (χ2v) is 6.13. The molecule has 0 aliphatic carbocycles. The molecular formula is C10H12Cl2F2N2O2S. The summed E-state index contributed by atoms with van der Waals surface area (Å²) >= 11 is 11.9. The van der Waals surface area contributed by atoms with Crippen LogP contribution in [0.1, 0.15) is 5.56 Å². The van der Waals surface area contributed by atoms with Crippen molar-refractivity contribution in [3.05, 3.63) is 27.7 Å². The summed E-state index contributed by atoms with van der Waals surface area (Å²) in [6.45, 7) is -0.710. The van der Waals surface area contributed by atoms with Gasteiger partial charge in [0.25, 0.3) is 6.43 Å². The Hall–Kier alpha value is -0.470. The molecule has 0 bridgehead atoms. The van der Waals surface area contributed by atoms with Crippen LogP contribution in [0, 0.1) is 0 Å². The lowest BCUT2D eigenvalue weighted by molar-refractivity contribution is 0.153. The number of hydrogen-bond acceptors (Lipinski definition) is 3. The van der Waals surface area contributed by atoms with Crippen molar-refractivity contribution in [2.45, 2.75) is 17.9 Å². The number of alkyl halides is 2. The molecule has 0 aromatic heterocycles. The van der Waals surface area contributed by atoms with Crippen LogP contribution in [-0.2, 0) is 16.6 Å². The Labute approximate surface area is 120 Å². The largest absolute Gasteiger partial charge is 0.316 e. The van der Waals surface area contributed by atoms with E-state index in [1.54, 1.807) is 11.8 Å². The van der Waals surface area contributed by atoms with Crippen LogP contribution >= 0.6 is 23.2 Å². The van der Waals surface area contributed by atoms with Gasteiger partial charge >= 0.3 is 0 Å². The summed E-state index contributed by atoms with van der Waals surface area (Å²) in [6.07, 6.45) is -2.78. The van der Waals surface area contributed by atoms with Crippen LogP contribution in [0.3, 0.4) is 0 Å². The van der Waals surface area contributed by atoms with Gasteiger partial charge in [0, 0.05) is 17.1 Å². The summed E-state index contributed by atoms with van der Waals surface area (Å²) in [7, 11) is -2.45. The van der Waals surface area contributed by atoms with Crippen molar-refractivity contribution < 1.29 is 17.2 Å². The van der Waals surface area contributed by atoms with Gasteiger partial charge in [-0.25, -0.2) is 21.9 Å². The molecule has 19 heavy (non-hydrogen) atoms. The maximum atomic E-state index is 12.1. The van der Waals surface area contributed by atoms with Crippen LogP contribution in [0.15, 0.2) is 17.0 Å². The first-order valence-corrected chi connectivity index (χ1v) is 7.42. The predicted octanol–water partition coefficient (Wildman–Crippen LogP) is 2.26. The van der Waals surface area contributed by atoms with E-state index in [0.717, 1.165) is 0 Å². The van der Waals surface area contributed by atoms with E-state index in [1.807, 2.05) is 0 Å². The molecule has 0 aliphatic rings. The SMILES string of the molecule is CNCc1c(Cl)ccc(S(=O)(=O)NCC(F)F)c1Cl. The van der Waals surface area contributed by atoms with E-state index in [4.69, 9.17) is 23.2 Å². The highest BCUT2D eigenvalue weighted by Gasteiger charge is 2.22. The maximum absolute atomic E-state index is 12.1. The van der Waals surface area contributed by atoms with Crippen molar-refractivity contribution in [1.29, 1.82) is 0 Å². The van der Waals surface area contributed by atoms with Gasteiger partial charge in [0.2, 0.25) is 10.0 Å². The van der Waals surface area contributed by atoms with Crippen molar-refractivity contribution in [3.63, 3.8) is 0 Å². The molecule has 2 N–H and O–H groups in total. The molecule has 0 amide bonds. The van der Waals surface area contributed by atoms with Crippen molar-refractivity contribution in [3.8, 4) is 0 Å². The summed E-state index contributed by atoms with van der Waals surface area (Å²) in [5, 5.41) is 3.01. The number of sulfonamides is 1. The van der Waals surface area contributed by atoms with Gasteiger partial charge < -0.3 is 5.32 Å². The smallest absolute Gasteiger partial charge is 0.251 e. The normalized spacial score (nSPS) is 12.1. The third-order valence-electron chi connectivity index (χ3n) is 2.22. The molecule has 0 aliphatic heterocycles. The molecular weight excluding hydrogens is 321 g/mol. The molecule has 1 aromatic carbocycles. The monoisotopic (exact) mass is 332 g/mol. The van der Waals surface area contributed by atoms with E-state index in [0.29, 0.717) is 10.6 Å². The summed E-state index contributed by atoms with van der Waals surface area (Å²) in [5.41, 5.74) is 0.394. The fourth-order valence-electron chi connectivity index (χ4n) is 1.37. The van der Waals surface area contributed by atoms with E-state index in [9.17, 15) is 17.2 Å². The zero-order valence-electron chi connectivity index (χ0n) is 9.88. The van der Waals surface area contributed by atoms with Crippen molar-refractivity contribution in [1.82, 2.24) is 10.0 Å². The molecule has 4 nitrogen and oxygen atoms in total. The Balaban J connectivity index is 3.17. The topological polar surface area (TPSA) is 58.2 Å². The number of halogens is 4. The second kappa shape index (κ2) is 6.81. The van der Waals surface area contributed by atoms with Crippen LogP contribution < -0.4 is 10.0 Å². The summed E-state index contributed by atoms with van der Waals surface area (Å²) in [5.74, 6) is 0.